The van der Waals surface area contributed by atoms with Crippen molar-refractivity contribution in [2.75, 3.05) is 41.1 Å². The minimum atomic E-state index is -5.53. The molecule has 0 amide bonds. The average Bonchev–Trinajstić information content (AvgIpc) is 3.26. The van der Waals surface area contributed by atoms with Gasteiger partial charge in [0, 0.05) is 11.4 Å². The second-order valence-corrected chi connectivity index (χ2v) is 25.0. The zero-order valence-electron chi connectivity index (χ0n) is 36.5. The molecule has 32 nitrogen and oxygen atoms in total. The molecule has 0 spiro atoms. The van der Waals surface area contributed by atoms with Crippen LogP contribution in [0, 0.1) is 6.08 Å². The lowest BCUT2D eigenvalue weighted by atomic mass is 10.1. The first-order chi connectivity index (χ1) is 34.5. The van der Waals surface area contributed by atoms with Crippen molar-refractivity contribution < 1.29 is 99.6 Å². The first kappa shape index (κ1) is 57.4. The van der Waals surface area contributed by atoms with Gasteiger partial charge in [0.25, 0.3) is 30.4 Å². The van der Waals surface area contributed by atoms with Crippen molar-refractivity contribution in [1.82, 2.24) is 15.0 Å². The Balaban J connectivity index is 1.35. The van der Waals surface area contributed by atoms with E-state index in [1.807, 2.05) is 0 Å². The van der Waals surface area contributed by atoms with Gasteiger partial charge in [-0.05, 0) is 84.2 Å². The molecule has 0 aliphatic heterocycles. The number of fused-ring (bicyclic) bond motifs is 1. The Kier molecular flexibility index (Phi) is 16.3. The molecule has 10 N–H and O–H groups in total. The van der Waals surface area contributed by atoms with Crippen LogP contribution in [-0.2, 0) is 79.2 Å². The molecule has 0 bridgehead atoms. The smallest absolute Gasteiger partial charge is 0.397 e. The predicted octanol–water partition coefficient (Wildman–Crippen LogP) is 3.70. The monoisotopic (exact) mass is 1190 g/mol. The van der Waals surface area contributed by atoms with E-state index < -0.39 is 172 Å². The minimum Gasteiger partial charge on any atom is -0.505 e. The second kappa shape index (κ2) is 21.4. The van der Waals surface area contributed by atoms with Crippen LogP contribution in [0.4, 0.5) is 56.1 Å². The van der Waals surface area contributed by atoms with Gasteiger partial charge in [-0.3, -0.25) is 22.8 Å². The zero-order valence-corrected chi connectivity index (χ0v) is 42.2. The summed E-state index contributed by atoms with van der Waals surface area (Å²) >= 11 is 0. The van der Waals surface area contributed by atoms with Crippen molar-refractivity contribution in [1.29, 1.82) is 0 Å². The van der Waals surface area contributed by atoms with Crippen LogP contribution in [0.1, 0.15) is 0 Å². The first-order valence-electron chi connectivity index (χ1n) is 19.4. The number of anilines is 5. The highest BCUT2D eigenvalue weighted by Gasteiger charge is 2.29. The highest BCUT2D eigenvalue weighted by atomic mass is 32.3. The molecule has 0 aliphatic carbocycles. The number of phenols is 1. The van der Waals surface area contributed by atoms with Gasteiger partial charge in [-0.1, -0.05) is 0 Å². The second-order valence-electron chi connectivity index (χ2n) is 14.5. The molecule has 75 heavy (non-hydrogen) atoms. The van der Waals surface area contributed by atoms with Crippen molar-refractivity contribution in [2.24, 2.45) is 20.5 Å². The van der Waals surface area contributed by atoms with Crippen molar-refractivity contribution in [2.45, 2.75) is 24.5 Å². The van der Waals surface area contributed by atoms with E-state index in [-0.39, 0.29) is 22.0 Å². The Morgan fingerprint density at radius 2 is 0.973 bits per heavy atom. The maximum atomic E-state index is 14.7. The van der Waals surface area contributed by atoms with Crippen LogP contribution in [0.25, 0.3) is 10.8 Å². The predicted molar refractivity (Wildman–Crippen MR) is 253 cm³/mol. The summed E-state index contributed by atoms with van der Waals surface area (Å²) in [6, 6.07) is 11.9. The molecule has 1 aromatic heterocycles. The van der Waals surface area contributed by atoms with E-state index in [0.717, 1.165) is 48.5 Å². The molecule has 5 aromatic carbocycles. The standard InChI is InChI=1S/C35H31FN10O22S7/c36-33-40-34(38-19-1-6-22(7-2-19)69(48,49)13-11-67-74(61,62)63)42-35(41-33)39-21-5-10-25(71(52,53)54)24(17-21)44-46-31-27(73(58,59)60)16-18-15-26(72(55,56)57)30(29(37)28(18)32(31)47)45-43-20-3-8-23(9-4-20)70(50,51)14-12-68-75(64,65)66/h1-10,15-17,47H,11-14,37H2,(H,52,53,54)(H,55,56,57)(H,58,59,60)(H,61,62,63)(H,64,65,66)(H2,38,39,40,41,42)/b45-43+,46-44+. The fraction of sp³-hybridized carbons (Fsp3) is 0.114. The highest BCUT2D eigenvalue weighted by molar-refractivity contribution is 7.92. The summed E-state index contributed by atoms with van der Waals surface area (Å²) in [6.07, 6.45) is -1.42. The fourth-order valence-electron chi connectivity index (χ4n) is 6.13. The molecule has 6 aromatic rings. The Morgan fingerprint density at radius 3 is 1.45 bits per heavy atom. The number of rotatable bonds is 21. The van der Waals surface area contributed by atoms with Gasteiger partial charge in [0.15, 0.2) is 25.4 Å². The topological polar surface area (TPSA) is 517 Å². The number of aromatic hydroxyl groups is 1. The molecule has 0 atom stereocenters. The van der Waals surface area contributed by atoms with Crippen LogP contribution < -0.4 is 16.4 Å². The van der Waals surface area contributed by atoms with Crippen LogP contribution in [0.5, 0.6) is 5.75 Å². The van der Waals surface area contributed by atoms with Gasteiger partial charge in [-0.25, -0.2) is 25.2 Å². The fourth-order valence-corrected chi connectivity index (χ4v) is 11.0. The normalized spacial score (nSPS) is 13.2. The van der Waals surface area contributed by atoms with Crippen LogP contribution in [0.15, 0.2) is 124 Å². The molecule has 0 fully saturated rings. The maximum absolute atomic E-state index is 14.7. The van der Waals surface area contributed by atoms with Crippen molar-refractivity contribution in [3.8, 4) is 5.75 Å². The first-order valence-corrected chi connectivity index (χ1v) is 29.7. The van der Waals surface area contributed by atoms with Gasteiger partial charge in [0.05, 0.1) is 51.3 Å². The summed E-state index contributed by atoms with van der Waals surface area (Å²) in [7, 11) is -34.4. The third kappa shape index (κ3) is 14.9. The van der Waals surface area contributed by atoms with E-state index in [4.69, 9.17) is 14.8 Å². The number of aromatic nitrogens is 3. The van der Waals surface area contributed by atoms with Gasteiger partial charge in [-0.2, -0.15) is 66.5 Å². The Bertz CT molecular complexity index is 4160. The molecule has 402 valence electrons. The minimum absolute atomic E-state index is 0.0647. The number of halogens is 1. The number of nitrogens with two attached hydrogens (primary N) is 1. The van der Waals surface area contributed by atoms with E-state index in [1.165, 1.54) is 12.1 Å². The summed E-state index contributed by atoms with van der Waals surface area (Å²) in [6.45, 7) is -1.86. The molecular formula is C35H31FN10O22S7. The number of azo groups is 2. The Labute approximate surface area is 422 Å². The molecule has 0 saturated carbocycles. The molecule has 0 saturated heterocycles. The lowest BCUT2D eigenvalue weighted by molar-refractivity contribution is 0.282. The van der Waals surface area contributed by atoms with E-state index in [1.54, 1.807) is 0 Å². The molecular weight excluding hydrogens is 1160 g/mol. The lowest BCUT2D eigenvalue weighted by Gasteiger charge is -2.14. The molecule has 40 heteroatoms. The third-order valence-corrected chi connectivity index (χ3v) is 16.3. The number of hydrogen-bond acceptors (Lipinski definition) is 27. The number of benzene rings is 5. The van der Waals surface area contributed by atoms with E-state index in [0.29, 0.717) is 18.2 Å². The van der Waals surface area contributed by atoms with Crippen LogP contribution in [0.3, 0.4) is 0 Å². The van der Waals surface area contributed by atoms with E-state index >= 15 is 0 Å². The number of nitrogens with one attached hydrogen (secondary N) is 2. The average molecular weight is 1190 g/mol. The molecule has 0 unspecified atom stereocenters. The van der Waals surface area contributed by atoms with Crippen molar-refractivity contribution >= 4 is 133 Å². The number of nitrogens with zero attached hydrogens (tertiary/aromatic N) is 7. The van der Waals surface area contributed by atoms with Crippen LogP contribution in [-0.4, -0.2) is 126 Å². The molecule has 6 rings (SSSR count). The largest absolute Gasteiger partial charge is 0.505 e. The van der Waals surface area contributed by atoms with Crippen LogP contribution >= 0.6 is 0 Å². The van der Waals surface area contributed by atoms with Crippen LogP contribution in [0.2, 0.25) is 0 Å². The summed E-state index contributed by atoms with van der Waals surface area (Å²) in [5, 5.41) is 29.9. The quantitative estimate of drug-likeness (QED) is 0.0282. The third-order valence-electron chi connectivity index (χ3n) is 9.33. The van der Waals surface area contributed by atoms with Crippen molar-refractivity contribution in [3.05, 3.63) is 84.9 Å². The highest BCUT2D eigenvalue weighted by Crippen LogP contribution is 2.48. The van der Waals surface area contributed by atoms with Gasteiger partial charge in [0.2, 0.25) is 11.9 Å². The lowest BCUT2D eigenvalue weighted by Crippen LogP contribution is -2.15. The van der Waals surface area contributed by atoms with Gasteiger partial charge < -0.3 is 21.5 Å². The molecule has 1 heterocycles. The molecule has 0 aliphatic rings. The number of phenolic OH excluding ortho intramolecular Hbond substituents is 1. The molecule has 0 radical (unpaired) electrons. The summed E-state index contributed by atoms with van der Waals surface area (Å²) < 4.78 is 239. The number of hydrogen-bond donors (Lipinski definition) is 9. The van der Waals surface area contributed by atoms with E-state index in [2.05, 4.69) is 54.4 Å². The Morgan fingerprint density at radius 1 is 0.533 bits per heavy atom. The zero-order chi connectivity index (χ0) is 55.7. The van der Waals surface area contributed by atoms with Gasteiger partial charge in [0.1, 0.15) is 31.7 Å². The van der Waals surface area contributed by atoms with Crippen molar-refractivity contribution in [3.63, 3.8) is 0 Å². The summed E-state index contributed by atoms with van der Waals surface area (Å²) in [5.41, 5.74) is 1.89. The van der Waals surface area contributed by atoms with E-state index in [9.17, 15) is 82.1 Å². The SMILES string of the molecule is Nc1c(/N=N/c2ccc(S(=O)(=O)CCOS(=O)(=O)O)cc2)c(S(=O)(=O)O)cc2cc(S(=O)(=O)O)c(/N=N/c3cc(Nc4nc(F)nc(Nc5ccc(S(=O)(=O)CCOS(=O)(=O)O)cc5)n4)ccc3S(=O)(=O)O)c(O)c12. The Hall–Kier alpha value is -6.93. The van der Waals surface area contributed by atoms with Gasteiger partial charge in [-0.15, -0.1) is 15.3 Å². The number of sulfone groups is 2. The maximum Gasteiger partial charge on any atom is 0.397 e. The number of nitrogen functional groups attached to an aromatic ring is 1. The van der Waals surface area contributed by atoms with Gasteiger partial charge >= 0.3 is 26.9 Å². The summed E-state index contributed by atoms with van der Waals surface area (Å²) in [5.74, 6) is -4.19. The summed E-state index contributed by atoms with van der Waals surface area (Å²) in [4.78, 5) is 6.62.